The van der Waals surface area contributed by atoms with Crippen molar-refractivity contribution in [1.29, 1.82) is 0 Å². The molecule has 1 saturated heterocycles. The van der Waals surface area contributed by atoms with E-state index in [0.717, 1.165) is 13.0 Å². The molecule has 0 saturated carbocycles. The van der Waals surface area contributed by atoms with Gasteiger partial charge in [0, 0.05) is 30.1 Å². The Balaban J connectivity index is 2.07. The summed E-state index contributed by atoms with van der Waals surface area (Å²) in [5.74, 6) is 0.710. The minimum atomic E-state index is 0.335. The van der Waals surface area contributed by atoms with E-state index in [2.05, 4.69) is 49.3 Å². The monoisotopic (exact) mass is 264 g/mol. The van der Waals surface area contributed by atoms with Crippen molar-refractivity contribution in [2.24, 2.45) is 11.7 Å². The SMILES string of the molecule is CSc1ccc(C(C)N2CC(C)CC(N)C2)cc1. The van der Waals surface area contributed by atoms with E-state index in [9.17, 15) is 0 Å². The largest absolute Gasteiger partial charge is 0.327 e. The zero-order chi connectivity index (χ0) is 13.1. The van der Waals surface area contributed by atoms with Crippen LogP contribution in [-0.4, -0.2) is 30.3 Å². The highest BCUT2D eigenvalue weighted by molar-refractivity contribution is 7.98. The Morgan fingerprint density at radius 1 is 1.28 bits per heavy atom. The highest BCUT2D eigenvalue weighted by Crippen LogP contribution is 2.27. The second-order valence-electron chi connectivity index (χ2n) is 5.50. The molecule has 2 rings (SSSR count). The molecule has 0 amide bonds. The van der Waals surface area contributed by atoms with E-state index in [1.165, 1.54) is 17.0 Å². The minimum absolute atomic E-state index is 0.335. The molecule has 2 nitrogen and oxygen atoms in total. The lowest BCUT2D eigenvalue weighted by Crippen LogP contribution is -2.47. The summed E-state index contributed by atoms with van der Waals surface area (Å²) in [6.07, 6.45) is 3.28. The van der Waals surface area contributed by atoms with Gasteiger partial charge < -0.3 is 5.73 Å². The van der Waals surface area contributed by atoms with Gasteiger partial charge in [-0.15, -0.1) is 11.8 Å². The standard InChI is InChI=1S/C15H24N2S/c1-11-8-14(16)10-17(9-11)12(2)13-4-6-15(18-3)7-5-13/h4-7,11-12,14H,8-10,16H2,1-3H3. The van der Waals surface area contributed by atoms with Crippen molar-refractivity contribution in [3.05, 3.63) is 29.8 Å². The summed E-state index contributed by atoms with van der Waals surface area (Å²) in [4.78, 5) is 3.85. The quantitative estimate of drug-likeness (QED) is 0.851. The molecule has 0 spiro atoms. The van der Waals surface area contributed by atoms with Crippen LogP contribution in [0.15, 0.2) is 29.2 Å². The summed E-state index contributed by atoms with van der Waals surface area (Å²) in [6.45, 7) is 6.78. The van der Waals surface area contributed by atoms with Crippen LogP contribution in [0.25, 0.3) is 0 Å². The maximum Gasteiger partial charge on any atom is 0.0320 e. The Morgan fingerprint density at radius 2 is 1.94 bits per heavy atom. The fraction of sp³-hybridized carbons (Fsp3) is 0.600. The number of piperidine rings is 1. The fourth-order valence-corrected chi connectivity index (χ4v) is 3.26. The van der Waals surface area contributed by atoms with Gasteiger partial charge in [-0.3, -0.25) is 4.90 Å². The lowest BCUT2D eigenvalue weighted by molar-refractivity contribution is 0.124. The molecule has 18 heavy (non-hydrogen) atoms. The molecule has 2 N–H and O–H groups in total. The Bertz CT molecular complexity index is 367. The maximum absolute atomic E-state index is 6.13. The summed E-state index contributed by atoms with van der Waals surface area (Å²) in [6, 6.07) is 9.73. The summed E-state index contributed by atoms with van der Waals surface area (Å²) in [5.41, 5.74) is 7.53. The summed E-state index contributed by atoms with van der Waals surface area (Å²) in [7, 11) is 0. The van der Waals surface area contributed by atoms with E-state index >= 15 is 0 Å². The lowest BCUT2D eigenvalue weighted by atomic mass is 9.94. The molecular weight excluding hydrogens is 240 g/mol. The first-order chi connectivity index (χ1) is 8.60. The van der Waals surface area contributed by atoms with Crippen LogP contribution in [0.5, 0.6) is 0 Å². The summed E-state index contributed by atoms with van der Waals surface area (Å²) < 4.78 is 0. The average Bonchev–Trinajstić information content (AvgIpc) is 2.37. The van der Waals surface area contributed by atoms with E-state index in [4.69, 9.17) is 5.73 Å². The van der Waals surface area contributed by atoms with E-state index in [-0.39, 0.29) is 0 Å². The van der Waals surface area contributed by atoms with Crippen LogP contribution in [0.1, 0.15) is 31.9 Å². The lowest BCUT2D eigenvalue weighted by Gasteiger charge is -2.38. The fourth-order valence-electron chi connectivity index (χ4n) is 2.85. The molecule has 1 aromatic rings. The first-order valence-electron chi connectivity index (χ1n) is 6.73. The molecule has 1 aliphatic rings. The molecule has 1 fully saturated rings. The number of nitrogens with two attached hydrogens (primary N) is 1. The van der Waals surface area contributed by atoms with Gasteiger partial charge in [-0.25, -0.2) is 0 Å². The Hall–Kier alpha value is -0.510. The molecule has 0 aliphatic carbocycles. The number of nitrogens with zero attached hydrogens (tertiary/aromatic N) is 1. The van der Waals surface area contributed by atoms with Crippen molar-refractivity contribution >= 4 is 11.8 Å². The molecule has 3 unspecified atom stereocenters. The van der Waals surface area contributed by atoms with Crippen molar-refractivity contribution < 1.29 is 0 Å². The third-order valence-electron chi connectivity index (χ3n) is 3.87. The maximum atomic E-state index is 6.13. The molecule has 3 atom stereocenters. The molecule has 1 aliphatic heterocycles. The first-order valence-corrected chi connectivity index (χ1v) is 7.96. The second-order valence-corrected chi connectivity index (χ2v) is 6.38. The predicted molar refractivity (Wildman–Crippen MR) is 80.0 cm³/mol. The normalized spacial score (nSPS) is 27.1. The van der Waals surface area contributed by atoms with Crippen molar-refractivity contribution in [1.82, 2.24) is 4.90 Å². The molecule has 0 bridgehead atoms. The van der Waals surface area contributed by atoms with Crippen LogP contribution in [0.4, 0.5) is 0 Å². The molecule has 0 aromatic heterocycles. The molecule has 1 aromatic carbocycles. The smallest absolute Gasteiger partial charge is 0.0320 e. The van der Waals surface area contributed by atoms with E-state index in [1.807, 2.05) is 0 Å². The Labute approximate surface area is 115 Å². The number of hydrogen-bond acceptors (Lipinski definition) is 3. The van der Waals surface area contributed by atoms with Gasteiger partial charge in [0.2, 0.25) is 0 Å². The Kier molecular flexibility index (Phi) is 4.71. The zero-order valence-corrected chi connectivity index (χ0v) is 12.4. The van der Waals surface area contributed by atoms with Gasteiger partial charge >= 0.3 is 0 Å². The average molecular weight is 264 g/mol. The highest BCUT2D eigenvalue weighted by Gasteiger charge is 2.26. The molecular formula is C15H24N2S. The first kappa shape index (κ1) is 13.9. The van der Waals surface area contributed by atoms with Crippen molar-refractivity contribution in [3.8, 4) is 0 Å². The summed E-state index contributed by atoms with van der Waals surface area (Å²) in [5, 5.41) is 0. The topological polar surface area (TPSA) is 29.3 Å². The number of thioether (sulfide) groups is 1. The Morgan fingerprint density at radius 3 is 2.50 bits per heavy atom. The van der Waals surface area contributed by atoms with Crippen LogP contribution >= 0.6 is 11.8 Å². The molecule has 3 heteroatoms. The van der Waals surface area contributed by atoms with Gasteiger partial charge in [-0.2, -0.15) is 0 Å². The summed E-state index contributed by atoms with van der Waals surface area (Å²) >= 11 is 1.79. The van der Waals surface area contributed by atoms with E-state index < -0.39 is 0 Å². The second kappa shape index (κ2) is 6.09. The minimum Gasteiger partial charge on any atom is -0.327 e. The van der Waals surface area contributed by atoms with Crippen LogP contribution < -0.4 is 5.73 Å². The molecule has 100 valence electrons. The van der Waals surface area contributed by atoms with Gasteiger partial charge in [-0.05, 0) is 43.2 Å². The predicted octanol–water partition coefficient (Wildman–Crippen LogP) is 3.14. The van der Waals surface area contributed by atoms with Crippen LogP contribution in [-0.2, 0) is 0 Å². The third kappa shape index (κ3) is 3.28. The van der Waals surface area contributed by atoms with Gasteiger partial charge in [-0.1, -0.05) is 19.1 Å². The highest BCUT2D eigenvalue weighted by atomic mass is 32.2. The van der Waals surface area contributed by atoms with Crippen molar-refractivity contribution in [2.45, 2.75) is 37.2 Å². The number of hydrogen-bond donors (Lipinski definition) is 1. The third-order valence-corrected chi connectivity index (χ3v) is 4.61. The number of rotatable bonds is 3. The van der Waals surface area contributed by atoms with Crippen LogP contribution in [0, 0.1) is 5.92 Å². The van der Waals surface area contributed by atoms with Crippen molar-refractivity contribution in [2.75, 3.05) is 19.3 Å². The van der Waals surface area contributed by atoms with Gasteiger partial charge in [0.1, 0.15) is 0 Å². The molecule has 1 heterocycles. The van der Waals surface area contributed by atoms with Crippen LogP contribution in [0.3, 0.4) is 0 Å². The van der Waals surface area contributed by atoms with E-state index in [1.54, 1.807) is 11.8 Å². The van der Waals surface area contributed by atoms with Gasteiger partial charge in [0.05, 0.1) is 0 Å². The van der Waals surface area contributed by atoms with Gasteiger partial charge in [0.15, 0.2) is 0 Å². The van der Waals surface area contributed by atoms with Crippen molar-refractivity contribution in [3.63, 3.8) is 0 Å². The van der Waals surface area contributed by atoms with Gasteiger partial charge in [0.25, 0.3) is 0 Å². The molecule has 0 radical (unpaired) electrons. The van der Waals surface area contributed by atoms with Crippen LogP contribution in [0.2, 0.25) is 0 Å². The zero-order valence-electron chi connectivity index (χ0n) is 11.6. The number of benzene rings is 1. The number of likely N-dealkylation sites (tertiary alicyclic amines) is 1. The van der Waals surface area contributed by atoms with E-state index in [0.29, 0.717) is 18.0 Å².